The zero-order valence-corrected chi connectivity index (χ0v) is 4.88. The van der Waals surface area contributed by atoms with E-state index >= 15 is 0 Å². The molecule has 0 rings (SSSR count). The first-order valence-corrected chi connectivity index (χ1v) is 2.36. The quantitative estimate of drug-likeness (QED) is 0.532. The molecular weight excluding hydrogens is 129 g/mol. The molecular formula is C4H7BF2O2. The highest BCUT2D eigenvalue weighted by Gasteiger charge is 2.08. The van der Waals surface area contributed by atoms with E-state index in [0.717, 1.165) is 6.92 Å². The van der Waals surface area contributed by atoms with Crippen LogP contribution in [-0.2, 0) is 0 Å². The minimum atomic E-state index is -2.60. The Morgan fingerprint density at radius 2 is 2.00 bits per heavy atom. The van der Waals surface area contributed by atoms with E-state index < -0.39 is 13.5 Å². The molecule has 0 saturated heterocycles. The molecule has 2 N–H and O–H groups in total. The van der Waals surface area contributed by atoms with Crippen molar-refractivity contribution in [3.05, 3.63) is 11.5 Å². The molecule has 0 heterocycles. The van der Waals surface area contributed by atoms with Gasteiger partial charge in [-0.3, -0.25) is 0 Å². The van der Waals surface area contributed by atoms with Crippen LogP contribution < -0.4 is 0 Å². The minimum Gasteiger partial charge on any atom is -0.424 e. The van der Waals surface area contributed by atoms with Crippen LogP contribution in [0.3, 0.4) is 0 Å². The molecule has 0 aromatic heterocycles. The number of halogens is 2. The topological polar surface area (TPSA) is 40.5 Å². The second-order valence-electron chi connectivity index (χ2n) is 1.62. The third-order valence-corrected chi connectivity index (χ3v) is 0.756. The van der Waals surface area contributed by atoms with Crippen molar-refractivity contribution < 1.29 is 18.8 Å². The van der Waals surface area contributed by atoms with Gasteiger partial charge < -0.3 is 10.0 Å². The number of hydrogen-bond donors (Lipinski definition) is 2. The Hall–Kier alpha value is -0.415. The summed E-state index contributed by atoms with van der Waals surface area (Å²) in [4.78, 5) is 0. The minimum absolute atomic E-state index is 0.329. The molecule has 5 heteroatoms. The fraction of sp³-hybridized carbons (Fsp3) is 0.500. The van der Waals surface area contributed by atoms with Crippen LogP contribution in [0.1, 0.15) is 6.92 Å². The van der Waals surface area contributed by atoms with Crippen molar-refractivity contribution in [2.45, 2.75) is 13.3 Å². The maximum absolute atomic E-state index is 11.5. The van der Waals surface area contributed by atoms with Gasteiger partial charge in [0.1, 0.15) is 0 Å². The summed E-state index contributed by atoms with van der Waals surface area (Å²) in [6.45, 7) is 1.13. The highest BCUT2D eigenvalue weighted by Crippen LogP contribution is 2.05. The highest BCUT2D eigenvalue weighted by molar-refractivity contribution is 6.47. The molecule has 0 radical (unpaired) electrons. The average Bonchev–Trinajstić information content (AvgIpc) is 1.63. The Balaban J connectivity index is 3.84. The second kappa shape index (κ2) is 3.58. The summed E-state index contributed by atoms with van der Waals surface area (Å²) < 4.78 is 23.0. The molecule has 0 aliphatic heterocycles. The maximum Gasteiger partial charge on any atom is 0.480 e. The second-order valence-corrected chi connectivity index (χ2v) is 1.62. The normalized spacial score (nSPS) is 12.4. The van der Waals surface area contributed by atoms with Crippen LogP contribution in [0.5, 0.6) is 0 Å². The van der Waals surface area contributed by atoms with Gasteiger partial charge in [-0.25, -0.2) is 8.78 Å². The Bertz CT molecular complexity index is 113. The molecule has 0 unspecified atom stereocenters. The van der Waals surface area contributed by atoms with Crippen LogP contribution >= 0.6 is 0 Å². The third-order valence-electron chi connectivity index (χ3n) is 0.756. The number of hydrogen-bond acceptors (Lipinski definition) is 2. The van der Waals surface area contributed by atoms with Crippen molar-refractivity contribution in [1.29, 1.82) is 0 Å². The predicted molar refractivity (Wildman–Crippen MR) is 30.0 cm³/mol. The number of allylic oxidation sites excluding steroid dienone is 1. The monoisotopic (exact) mass is 136 g/mol. The van der Waals surface area contributed by atoms with Gasteiger partial charge in [0, 0.05) is 0 Å². The van der Waals surface area contributed by atoms with Crippen molar-refractivity contribution in [2.24, 2.45) is 0 Å². The van der Waals surface area contributed by atoms with Crippen LogP contribution in [0.4, 0.5) is 8.78 Å². The lowest BCUT2D eigenvalue weighted by molar-refractivity contribution is 0.189. The van der Waals surface area contributed by atoms with Crippen molar-refractivity contribution in [2.75, 3.05) is 0 Å². The van der Waals surface area contributed by atoms with E-state index in [2.05, 4.69) is 0 Å². The zero-order valence-electron chi connectivity index (χ0n) is 4.88. The summed E-state index contributed by atoms with van der Waals surface area (Å²) in [6.07, 6.45) is -2.60. The first kappa shape index (κ1) is 8.58. The van der Waals surface area contributed by atoms with E-state index in [1.54, 1.807) is 0 Å². The molecule has 0 aliphatic carbocycles. The molecule has 0 saturated carbocycles. The summed E-state index contributed by atoms with van der Waals surface area (Å²) >= 11 is 0. The lowest BCUT2D eigenvalue weighted by Gasteiger charge is -1.96. The van der Waals surface area contributed by atoms with E-state index in [1.807, 2.05) is 0 Å². The van der Waals surface area contributed by atoms with E-state index in [9.17, 15) is 8.78 Å². The third kappa shape index (κ3) is 4.11. The largest absolute Gasteiger partial charge is 0.480 e. The van der Waals surface area contributed by atoms with Crippen LogP contribution in [0, 0.1) is 0 Å². The fourth-order valence-electron chi connectivity index (χ4n) is 0.308. The van der Waals surface area contributed by atoms with Crippen LogP contribution in [0.25, 0.3) is 0 Å². The van der Waals surface area contributed by atoms with Crippen molar-refractivity contribution in [1.82, 2.24) is 0 Å². The molecule has 0 aromatic carbocycles. The van der Waals surface area contributed by atoms with Crippen LogP contribution in [0.2, 0.25) is 0 Å². The van der Waals surface area contributed by atoms with Crippen molar-refractivity contribution in [3.8, 4) is 0 Å². The molecule has 52 valence electrons. The Morgan fingerprint density at radius 3 is 2.11 bits per heavy atom. The molecule has 0 amide bonds. The summed E-state index contributed by atoms with van der Waals surface area (Å²) in [5.41, 5.74) is -0.329. The highest BCUT2D eigenvalue weighted by atomic mass is 19.3. The molecule has 0 fully saturated rings. The smallest absolute Gasteiger partial charge is 0.424 e. The summed E-state index contributed by atoms with van der Waals surface area (Å²) in [5.74, 6) is 0.685. The van der Waals surface area contributed by atoms with Crippen LogP contribution in [0.15, 0.2) is 11.5 Å². The lowest BCUT2D eigenvalue weighted by Crippen LogP contribution is -2.09. The van der Waals surface area contributed by atoms with Gasteiger partial charge in [0.05, 0.1) is 0 Å². The molecule has 2 nitrogen and oxygen atoms in total. The lowest BCUT2D eigenvalue weighted by atomic mass is 9.89. The molecule has 9 heavy (non-hydrogen) atoms. The summed E-state index contributed by atoms with van der Waals surface area (Å²) in [5, 5.41) is 16.2. The molecule has 0 bridgehead atoms. The van der Waals surface area contributed by atoms with E-state index in [-0.39, 0.29) is 5.57 Å². The summed E-state index contributed by atoms with van der Waals surface area (Å²) in [6, 6.07) is 0. The van der Waals surface area contributed by atoms with Gasteiger partial charge in [-0.1, -0.05) is 5.98 Å². The van der Waals surface area contributed by atoms with Gasteiger partial charge in [0.2, 0.25) is 0 Å². The Labute approximate surface area is 52.0 Å². The van der Waals surface area contributed by atoms with Crippen molar-refractivity contribution >= 4 is 7.12 Å². The maximum atomic E-state index is 11.5. The van der Waals surface area contributed by atoms with Gasteiger partial charge in [-0.2, -0.15) is 0 Å². The summed E-state index contributed by atoms with van der Waals surface area (Å²) in [7, 11) is -1.78. The van der Waals surface area contributed by atoms with Gasteiger partial charge in [-0.05, 0) is 12.5 Å². The number of alkyl halides is 2. The first-order chi connectivity index (χ1) is 4.04. The Kier molecular flexibility index (Phi) is 3.41. The molecule has 0 spiro atoms. The Morgan fingerprint density at radius 1 is 1.56 bits per heavy atom. The first-order valence-electron chi connectivity index (χ1n) is 2.36. The van der Waals surface area contributed by atoms with Crippen LogP contribution in [-0.4, -0.2) is 23.6 Å². The van der Waals surface area contributed by atoms with Gasteiger partial charge in [0.15, 0.2) is 0 Å². The van der Waals surface area contributed by atoms with E-state index in [0.29, 0.717) is 5.98 Å². The van der Waals surface area contributed by atoms with Gasteiger partial charge in [-0.15, -0.1) is 0 Å². The molecule has 0 aliphatic rings. The fourth-order valence-corrected chi connectivity index (χ4v) is 0.308. The zero-order chi connectivity index (χ0) is 7.44. The van der Waals surface area contributed by atoms with E-state index in [1.165, 1.54) is 0 Å². The number of rotatable bonds is 2. The van der Waals surface area contributed by atoms with Gasteiger partial charge in [0.25, 0.3) is 6.43 Å². The SMILES string of the molecule is C/C(=C\B(O)O)C(F)F. The standard InChI is InChI=1S/C4H7BF2O2/c1-3(4(6)7)2-5(8)9/h2,4,8-9H,1H3/b3-2+. The molecule has 0 atom stereocenters. The average molecular weight is 136 g/mol. The molecule has 0 aromatic rings. The predicted octanol–water partition coefficient (Wildman–Crippen LogP) is 0.210. The van der Waals surface area contributed by atoms with Gasteiger partial charge >= 0.3 is 7.12 Å². The van der Waals surface area contributed by atoms with E-state index in [4.69, 9.17) is 10.0 Å². The van der Waals surface area contributed by atoms with Crippen molar-refractivity contribution in [3.63, 3.8) is 0 Å².